The Kier molecular flexibility index (Phi) is 8.09. The van der Waals surface area contributed by atoms with E-state index in [1.54, 1.807) is 0 Å². The highest BCUT2D eigenvalue weighted by molar-refractivity contribution is 5.91. The predicted octanol–water partition coefficient (Wildman–Crippen LogP) is 0.00490. The van der Waals surface area contributed by atoms with E-state index in [2.05, 4.69) is 14.8 Å². The number of methoxy groups -OCH3 is 2. The Morgan fingerprint density at radius 2 is 1.71 bits per heavy atom. The second-order valence-corrected chi connectivity index (χ2v) is 2.80. The minimum atomic E-state index is -0.645. The predicted molar refractivity (Wildman–Crippen MR) is 57.1 cm³/mol. The molecule has 0 bridgehead atoms. The normalized spacial score (nSPS) is 9.76. The lowest BCUT2D eigenvalue weighted by Gasteiger charge is -2.03. The fraction of sp³-hybridized carbons (Fsp3) is 0.500. The van der Waals surface area contributed by atoms with Crippen molar-refractivity contribution in [2.75, 3.05) is 27.4 Å². The molecule has 0 rings (SSSR count). The number of nitrogens with one attached hydrogen (secondary N) is 1. The SMILES string of the molecule is COC(=O)/C=C/C(=O)OCCCNC(=O)OC. The van der Waals surface area contributed by atoms with Crippen molar-refractivity contribution < 1.29 is 28.6 Å². The molecule has 0 aromatic heterocycles. The van der Waals surface area contributed by atoms with Crippen LogP contribution in [0.5, 0.6) is 0 Å². The summed E-state index contributed by atoms with van der Waals surface area (Å²) in [5.74, 6) is -1.28. The third kappa shape index (κ3) is 8.91. The maximum absolute atomic E-state index is 11.0. The molecule has 0 heterocycles. The molecule has 7 heteroatoms. The maximum atomic E-state index is 11.0. The highest BCUT2D eigenvalue weighted by atomic mass is 16.5. The lowest BCUT2D eigenvalue weighted by atomic mass is 10.4. The molecular formula is C10H15NO6. The third-order valence-corrected chi connectivity index (χ3v) is 1.58. The van der Waals surface area contributed by atoms with Crippen molar-refractivity contribution in [2.24, 2.45) is 0 Å². The van der Waals surface area contributed by atoms with Crippen LogP contribution in [-0.4, -0.2) is 45.4 Å². The summed E-state index contributed by atoms with van der Waals surface area (Å²) in [6, 6.07) is 0. The molecule has 1 amide bonds. The van der Waals surface area contributed by atoms with Gasteiger partial charge in [0.15, 0.2) is 0 Å². The van der Waals surface area contributed by atoms with Gasteiger partial charge in [0, 0.05) is 18.7 Å². The van der Waals surface area contributed by atoms with Gasteiger partial charge < -0.3 is 19.5 Å². The Bertz CT molecular complexity index is 299. The van der Waals surface area contributed by atoms with Crippen LogP contribution >= 0.6 is 0 Å². The van der Waals surface area contributed by atoms with E-state index in [-0.39, 0.29) is 6.61 Å². The average molecular weight is 245 g/mol. The van der Waals surface area contributed by atoms with Gasteiger partial charge in [0.05, 0.1) is 20.8 Å². The number of esters is 2. The maximum Gasteiger partial charge on any atom is 0.406 e. The summed E-state index contributed by atoms with van der Waals surface area (Å²) in [5.41, 5.74) is 0. The van der Waals surface area contributed by atoms with E-state index in [0.717, 1.165) is 12.2 Å². The van der Waals surface area contributed by atoms with Crippen LogP contribution in [0.3, 0.4) is 0 Å². The van der Waals surface area contributed by atoms with E-state index in [9.17, 15) is 14.4 Å². The Morgan fingerprint density at radius 1 is 1.06 bits per heavy atom. The van der Waals surface area contributed by atoms with Crippen molar-refractivity contribution in [2.45, 2.75) is 6.42 Å². The molecule has 7 nitrogen and oxygen atoms in total. The first-order valence-electron chi connectivity index (χ1n) is 4.84. The van der Waals surface area contributed by atoms with E-state index in [1.165, 1.54) is 14.2 Å². The molecule has 0 atom stereocenters. The zero-order valence-corrected chi connectivity index (χ0v) is 9.73. The van der Waals surface area contributed by atoms with Crippen molar-refractivity contribution in [1.82, 2.24) is 5.32 Å². The molecule has 17 heavy (non-hydrogen) atoms. The minimum Gasteiger partial charge on any atom is -0.466 e. The molecule has 0 aliphatic heterocycles. The van der Waals surface area contributed by atoms with Crippen LogP contribution < -0.4 is 5.32 Å². The Hall–Kier alpha value is -2.05. The molecule has 96 valence electrons. The van der Waals surface area contributed by atoms with E-state index in [4.69, 9.17) is 4.74 Å². The number of carbonyl (C=O) groups excluding carboxylic acids is 3. The van der Waals surface area contributed by atoms with Gasteiger partial charge in [-0.3, -0.25) is 0 Å². The van der Waals surface area contributed by atoms with Crippen molar-refractivity contribution in [3.63, 3.8) is 0 Å². The summed E-state index contributed by atoms with van der Waals surface area (Å²) in [6.07, 6.45) is 1.85. The number of hydrogen-bond acceptors (Lipinski definition) is 6. The summed E-state index contributed by atoms with van der Waals surface area (Å²) in [5, 5.41) is 2.42. The molecule has 0 aliphatic carbocycles. The zero-order chi connectivity index (χ0) is 13.1. The standard InChI is InChI=1S/C10H15NO6/c1-15-8(12)4-5-9(13)17-7-3-6-11-10(14)16-2/h4-5H,3,6-7H2,1-2H3,(H,11,14)/b5-4+. The highest BCUT2D eigenvalue weighted by Crippen LogP contribution is 1.87. The lowest BCUT2D eigenvalue weighted by molar-refractivity contribution is -0.139. The zero-order valence-electron chi connectivity index (χ0n) is 9.73. The molecule has 0 aromatic carbocycles. The number of alkyl carbamates (subject to hydrolysis) is 1. The molecule has 0 fully saturated rings. The second kappa shape index (κ2) is 9.20. The molecule has 0 saturated carbocycles. The molecule has 0 saturated heterocycles. The highest BCUT2D eigenvalue weighted by Gasteiger charge is 2.00. The van der Waals surface area contributed by atoms with Crippen molar-refractivity contribution in [1.29, 1.82) is 0 Å². The van der Waals surface area contributed by atoms with Crippen LogP contribution in [0.25, 0.3) is 0 Å². The number of ether oxygens (including phenoxy) is 3. The Labute approximate surface area is 98.7 Å². The minimum absolute atomic E-state index is 0.133. The van der Waals surface area contributed by atoms with E-state index in [1.807, 2.05) is 0 Å². The van der Waals surface area contributed by atoms with Crippen LogP contribution in [-0.2, 0) is 23.8 Å². The van der Waals surface area contributed by atoms with Crippen molar-refractivity contribution in [3.8, 4) is 0 Å². The molecular weight excluding hydrogens is 230 g/mol. The summed E-state index contributed by atoms with van der Waals surface area (Å²) in [6.45, 7) is 0.467. The Balaban J connectivity index is 3.55. The van der Waals surface area contributed by atoms with Crippen molar-refractivity contribution in [3.05, 3.63) is 12.2 Å². The lowest BCUT2D eigenvalue weighted by Crippen LogP contribution is -2.25. The van der Waals surface area contributed by atoms with Gasteiger partial charge in [-0.1, -0.05) is 0 Å². The number of carbonyl (C=O) groups is 3. The van der Waals surface area contributed by atoms with Crippen LogP contribution in [0.2, 0.25) is 0 Å². The van der Waals surface area contributed by atoms with E-state index in [0.29, 0.717) is 13.0 Å². The molecule has 0 aliphatic rings. The topological polar surface area (TPSA) is 90.9 Å². The van der Waals surface area contributed by atoms with E-state index < -0.39 is 18.0 Å². The van der Waals surface area contributed by atoms with Gasteiger partial charge in [0.25, 0.3) is 0 Å². The molecule has 0 aromatic rings. The fourth-order valence-electron chi connectivity index (χ4n) is 0.760. The van der Waals surface area contributed by atoms with Gasteiger partial charge in [-0.2, -0.15) is 0 Å². The Morgan fingerprint density at radius 3 is 2.29 bits per heavy atom. The average Bonchev–Trinajstić information content (AvgIpc) is 2.34. The van der Waals surface area contributed by atoms with Gasteiger partial charge in [-0.25, -0.2) is 14.4 Å². The molecule has 0 radical (unpaired) electrons. The van der Waals surface area contributed by atoms with Crippen LogP contribution in [0.4, 0.5) is 4.79 Å². The number of hydrogen-bond donors (Lipinski definition) is 1. The summed E-state index contributed by atoms with van der Waals surface area (Å²) in [4.78, 5) is 32.2. The van der Waals surface area contributed by atoms with Gasteiger partial charge in [0.2, 0.25) is 0 Å². The number of rotatable bonds is 6. The monoisotopic (exact) mass is 245 g/mol. The summed E-state index contributed by atoms with van der Waals surface area (Å²) in [7, 11) is 2.46. The van der Waals surface area contributed by atoms with Crippen LogP contribution in [0.15, 0.2) is 12.2 Å². The van der Waals surface area contributed by atoms with Gasteiger partial charge in [-0.05, 0) is 6.42 Å². The quantitative estimate of drug-likeness (QED) is 0.306. The molecule has 0 spiro atoms. The smallest absolute Gasteiger partial charge is 0.406 e. The summed E-state index contributed by atoms with van der Waals surface area (Å²) >= 11 is 0. The van der Waals surface area contributed by atoms with Crippen LogP contribution in [0.1, 0.15) is 6.42 Å². The van der Waals surface area contributed by atoms with Gasteiger partial charge >= 0.3 is 18.0 Å². The summed E-state index contributed by atoms with van der Waals surface area (Å²) < 4.78 is 13.3. The number of amides is 1. The largest absolute Gasteiger partial charge is 0.466 e. The first kappa shape index (κ1) is 14.9. The molecule has 0 unspecified atom stereocenters. The van der Waals surface area contributed by atoms with Crippen LogP contribution in [0, 0.1) is 0 Å². The van der Waals surface area contributed by atoms with Gasteiger partial charge in [-0.15, -0.1) is 0 Å². The third-order valence-electron chi connectivity index (χ3n) is 1.58. The second-order valence-electron chi connectivity index (χ2n) is 2.80. The first-order valence-corrected chi connectivity index (χ1v) is 4.84. The molecule has 1 N–H and O–H groups in total. The first-order chi connectivity index (χ1) is 8.10. The van der Waals surface area contributed by atoms with E-state index >= 15 is 0 Å². The van der Waals surface area contributed by atoms with Crippen molar-refractivity contribution >= 4 is 18.0 Å². The fourth-order valence-corrected chi connectivity index (χ4v) is 0.760. The van der Waals surface area contributed by atoms with Gasteiger partial charge in [0.1, 0.15) is 0 Å².